The Morgan fingerprint density at radius 1 is 1.41 bits per heavy atom. The molecule has 0 radical (unpaired) electrons. The summed E-state index contributed by atoms with van der Waals surface area (Å²) in [6, 6.07) is 0. The second-order valence-corrected chi connectivity index (χ2v) is 3.88. The number of nitrogens with zero attached hydrogens (tertiary/aromatic N) is 1. The maximum atomic E-state index is 11.6. The second kappa shape index (κ2) is 5.46. The van der Waals surface area contributed by atoms with Gasteiger partial charge in [-0.3, -0.25) is 0 Å². The van der Waals surface area contributed by atoms with Crippen molar-refractivity contribution in [3.63, 3.8) is 0 Å². The third-order valence-corrected chi connectivity index (χ3v) is 2.77. The van der Waals surface area contributed by atoms with Crippen LogP contribution >= 0.6 is 0 Å². The summed E-state index contributed by atoms with van der Waals surface area (Å²) in [4.78, 5) is 16.7. The maximum absolute atomic E-state index is 11.6. The number of esters is 1. The predicted molar refractivity (Wildman–Crippen MR) is 58.2 cm³/mol. The molecule has 2 aliphatic rings. The van der Waals surface area contributed by atoms with E-state index in [-0.39, 0.29) is 12.2 Å². The molecule has 2 aliphatic heterocycles. The Morgan fingerprint density at radius 2 is 2.24 bits per heavy atom. The molecule has 2 heterocycles. The fourth-order valence-corrected chi connectivity index (χ4v) is 2.01. The number of fused-ring (bicyclic) bond motifs is 1. The molecule has 0 aromatic carbocycles. The van der Waals surface area contributed by atoms with Gasteiger partial charge in [0, 0.05) is 6.61 Å². The van der Waals surface area contributed by atoms with Crippen LogP contribution < -0.4 is 0 Å². The first-order valence-electron chi connectivity index (χ1n) is 5.94. The van der Waals surface area contributed by atoms with Crippen molar-refractivity contribution in [3.8, 4) is 0 Å². The standard InChI is InChI=1S/C11H17NO5/c1-3-14-8-6-5-7-9(10(13)15-4-2)12-17-11(7)16-8/h7-8,11H,3-6H2,1-2H3/t7-,8?,11+/m0/s1. The fourth-order valence-electron chi connectivity index (χ4n) is 2.01. The van der Waals surface area contributed by atoms with Gasteiger partial charge in [0.15, 0.2) is 12.0 Å². The summed E-state index contributed by atoms with van der Waals surface area (Å²) >= 11 is 0. The van der Waals surface area contributed by atoms with Crippen LogP contribution in [0, 0.1) is 5.92 Å². The lowest BCUT2D eigenvalue weighted by atomic mass is 9.95. The fraction of sp³-hybridized carbons (Fsp3) is 0.818. The molecule has 6 heteroatoms. The molecule has 0 N–H and O–H groups in total. The van der Waals surface area contributed by atoms with Crippen LogP contribution in [0.1, 0.15) is 26.7 Å². The highest BCUT2D eigenvalue weighted by molar-refractivity contribution is 6.37. The van der Waals surface area contributed by atoms with Gasteiger partial charge in [0.1, 0.15) is 0 Å². The SMILES string of the molecule is CCOC(=O)C1=NO[C@H]2OC(OCC)CC[C@@H]12. The van der Waals surface area contributed by atoms with E-state index in [9.17, 15) is 4.79 Å². The van der Waals surface area contributed by atoms with E-state index in [0.29, 0.717) is 18.9 Å². The molecule has 0 aromatic heterocycles. The highest BCUT2D eigenvalue weighted by atomic mass is 16.8. The zero-order valence-electron chi connectivity index (χ0n) is 10.0. The number of ether oxygens (including phenoxy) is 3. The average molecular weight is 243 g/mol. The lowest BCUT2D eigenvalue weighted by Crippen LogP contribution is -2.39. The number of carbonyl (C=O) groups is 1. The van der Waals surface area contributed by atoms with Crippen molar-refractivity contribution in [2.45, 2.75) is 39.3 Å². The smallest absolute Gasteiger partial charge is 0.356 e. The highest BCUT2D eigenvalue weighted by Gasteiger charge is 2.44. The largest absolute Gasteiger partial charge is 0.461 e. The second-order valence-electron chi connectivity index (χ2n) is 3.88. The molecule has 17 heavy (non-hydrogen) atoms. The van der Waals surface area contributed by atoms with Crippen LogP contribution in [0.3, 0.4) is 0 Å². The molecular weight excluding hydrogens is 226 g/mol. The summed E-state index contributed by atoms with van der Waals surface area (Å²) in [6.45, 7) is 4.59. The topological polar surface area (TPSA) is 66.4 Å². The Kier molecular flexibility index (Phi) is 3.96. The zero-order chi connectivity index (χ0) is 12.3. The van der Waals surface area contributed by atoms with Crippen molar-refractivity contribution >= 4 is 11.7 Å². The molecule has 2 rings (SSSR count). The van der Waals surface area contributed by atoms with Gasteiger partial charge in [0.2, 0.25) is 6.29 Å². The molecule has 0 aromatic rings. The third-order valence-electron chi connectivity index (χ3n) is 2.77. The summed E-state index contributed by atoms with van der Waals surface area (Å²) in [5.74, 6) is -0.552. The van der Waals surface area contributed by atoms with Crippen LogP contribution in [0.5, 0.6) is 0 Å². The first kappa shape index (κ1) is 12.3. The minimum atomic E-state index is -0.514. The van der Waals surface area contributed by atoms with Crippen molar-refractivity contribution in [2.75, 3.05) is 13.2 Å². The molecule has 6 nitrogen and oxygen atoms in total. The van der Waals surface area contributed by atoms with Gasteiger partial charge >= 0.3 is 5.97 Å². The molecule has 3 atom stereocenters. The van der Waals surface area contributed by atoms with Crippen molar-refractivity contribution in [1.82, 2.24) is 0 Å². The molecule has 1 fully saturated rings. The summed E-state index contributed by atoms with van der Waals surface area (Å²) < 4.78 is 15.8. The molecule has 0 saturated carbocycles. The van der Waals surface area contributed by atoms with Crippen LogP contribution in [0.25, 0.3) is 0 Å². The Hall–Kier alpha value is -1.14. The first-order valence-corrected chi connectivity index (χ1v) is 5.94. The molecule has 0 bridgehead atoms. The summed E-state index contributed by atoms with van der Waals surface area (Å²) in [7, 11) is 0. The van der Waals surface area contributed by atoms with Gasteiger partial charge in [-0.25, -0.2) is 4.79 Å². The molecular formula is C11H17NO5. The van der Waals surface area contributed by atoms with Gasteiger partial charge < -0.3 is 19.0 Å². The quantitative estimate of drug-likeness (QED) is 0.690. The lowest BCUT2D eigenvalue weighted by Gasteiger charge is -2.29. The van der Waals surface area contributed by atoms with Crippen molar-refractivity contribution in [2.24, 2.45) is 11.1 Å². The van der Waals surface area contributed by atoms with E-state index < -0.39 is 12.3 Å². The number of hydrogen-bond acceptors (Lipinski definition) is 6. The Morgan fingerprint density at radius 3 is 2.94 bits per heavy atom. The minimum absolute atomic E-state index is 0.134. The van der Waals surface area contributed by atoms with E-state index in [2.05, 4.69) is 5.16 Å². The monoisotopic (exact) mass is 243 g/mol. The number of carbonyl (C=O) groups excluding carboxylic acids is 1. The minimum Gasteiger partial charge on any atom is -0.461 e. The average Bonchev–Trinajstić information content (AvgIpc) is 2.73. The van der Waals surface area contributed by atoms with E-state index >= 15 is 0 Å². The molecule has 0 amide bonds. The highest BCUT2D eigenvalue weighted by Crippen LogP contribution is 2.32. The van der Waals surface area contributed by atoms with Gasteiger partial charge in [0.05, 0.1) is 12.5 Å². The summed E-state index contributed by atoms with van der Waals surface area (Å²) in [5, 5.41) is 3.75. The molecule has 0 spiro atoms. The first-order chi connectivity index (χ1) is 8.26. The Labute approximate surface area is 99.8 Å². The lowest BCUT2D eigenvalue weighted by molar-refractivity contribution is -0.268. The summed E-state index contributed by atoms with van der Waals surface area (Å²) in [5.41, 5.74) is 0.326. The normalized spacial score (nSPS) is 31.4. The van der Waals surface area contributed by atoms with Crippen molar-refractivity contribution in [1.29, 1.82) is 0 Å². The predicted octanol–water partition coefficient (Wildman–Crippen LogP) is 1.05. The van der Waals surface area contributed by atoms with Crippen LogP contribution in [-0.2, 0) is 23.8 Å². The number of hydrogen-bond donors (Lipinski definition) is 0. The van der Waals surface area contributed by atoms with Gasteiger partial charge in [-0.2, -0.15) is 0 Å². The number of rotatable bonds is 4. The van der Waals surface area contributed by atoms with E-state index in [1.54, 1.807) is 6.92 Å². The molecule has 1 saturated heterocycles. The van der Waals surface area contributed by atoms with E-state index in [1.807, 2.05) is 6.92 Å². The van der Waals surface area contributed by atoms with E-state index in [0.717, 1.165) is 12.8 Å². The van der Waals surface area contributed by atoms with Gasteiger partial charge in [-0.1, -0.05) is 5.16 Å². The Balaban J connectivity index is 1.93. The number of oxime groups is 1. The molecule has 96 valence electrons. The maximum Gasteiger partial charge on any atom is 0.356 e. The van der Waals surface area contributed by atoms with Crippen LogP contribution in [0.4, 0.5) is 0 Å². The third kappa shape index (κ3) is 2.58. The van der Waals surface area contributed by atoms with Crippen molar-refractivity contribution < 1.29 is 23.8 Å². The van der Waals surface area contributed by atoms with Gasteiger partial charge in [-0.05, 0) is 26.7 Å². The van der Waals surface area contributed by atoms with Gasteiger partial charge in [0.25, 0.3) is 0 Å². The van der Waals surface area contributed by atoms with Crippen molar-refractivity contribution in [3.05, 3.63) is 0 Å². The summed E-state index contributed by atoms with van der Waals surface area (Å²) in [6.07, 6.45) is 0.710. The Bertz CT molecular complexity index is 317. The van der Waals surface area contributed by atoms with Crippen LogP contribution in [-0.4, -0.2) is 37.5 Å². The van der Waals surface area contributed by atoms with Crippen LogP contribution in [0.2, 0.25) is 0 Å². The van der Waals surface area contributed by atoms with Crippen LogP contribution in [0.15, 0.2) is 5.16 Å². The van der Waals surface area contributed by atoms with Gasteiger partial charge in [-0.15, -0.1) is 0 Å². The zero-order valence-corrected chi connectivity index (χ0v) is 10.0. The van der Waals surface area contributed by atoms with E-state index in [4.69, 9.17) is 19.0 Å². The molecule has 0 aliphatic carbocycles. The molecule has 1 unspecified atom stereocenters. The van der Waals surface area contributed by atoms with E-state index in [1.165, 1.54) is 0 Å².